The molecule has 0 saturated carbocycles. The Balaban J connectivity index is 0.821. The fraction of sp³-hybridized carbons (Fsp3) is 0.875. The van der Waals surface area contributed by atoms with E-state index < -0.39 is 143 Å². The van der Waals surface area contributed by atoms with E-state index in [2.05, 4.69) is 16.0 Å². The van der Waals surface area contributed by atoms with Crippen LogP contribution < -0.4 is 16.0 Å². The van der Waals surface area contributed by atoms with Crippen molar-refractivity contribution >= 4 is 69.7 Å². The Bertz CT molecular complexity index is 2230. The molecule has 0 aromatic carbocycles. The number of ether oxygens (including phenoxy) is 15. The van der Waals surface area contributed by atoms with Gasteiger partial charge in [0.15, 0.2) is 85.5 Å². The van der Waals surface area contributed by atoms with Gasteiger partial charge in [0.25, 0.3) is 17.7 Å². The predicted molar refractivity (Wildman–Crippen MR) is 268 cm³/mol. The maximum atomic E-state index is 15.2. The van der Waals surface area contributed by atoms with E-state index >= 15 is 14.4 Å². The van der Waals surface area contributed by atoms with E-state index in [1.54, 1.807) is 83.1 Å². The zero-order chi connectivity index (χ0) is 54.3. The molecule has 12 saturated heterocycles. The topological polar surface area (TPSA) is 239 Å². The standard InChI is InChI=1S/C48H69N7O18S3/c1-40(2)59-19-22(65-40)25-46(28-31(62-25)71-43(7,8)68-28)34(56)53(37(74)49-46)16-13-52(14-17-54-35(57)47(50-38(54)75)26(23-20-60-41(3,4)66-23)63-32-29(47)69-44(9,10)72-32)15-18-55-36(58)48(51-39(55)76)27(24-21-61-42(5,6)67-24)64-33-30(48)70-45(11,12)73-33/h22-33H,13-21H2,1-12H3,(H,49,74)(H,50,75)(H,51,76)/t22-,23-,24-,25-,26-,27-,28+,29+,30+,31-,32-,33-,46-,47-,48-/m1/s1. The second kappa shape index (κ2) is 17.7. The van der Waals surface area contributed by atoms with Crippen molar-refractivity contribution in [3.63, 3.8) is 0 Å². The second-order valence-electron chi connectivity index (χ2n) is 24.2. The van der Waals surface area contributed by atoms with Crippen molar-refractivity contribution in [3.8, 4) is 0 Å². The lowest BCUT2D eigenvalue weighted by molar-refractivity contribution is -0.229. The molecule has 422 valence electrons. The first-order chi connectivity index (χ1) is 35.4. The highest BCUT2D eigenvalue weighted by molar-refractivity contribution is 7.80. The number of nitrogens with one attached hydrogen (secondary N) is 3. The van der Waals surface area contributed by atoms with E-state index in [0.29, 0.717) is 0 Å². The van der Waals surface area contributed by atoms with Gasteiger partial charge < -0.3 is 87.0 Å². The van der Waals surface area contributed by atoms with E-state index in [1.807, 2.05) is 4.90 Å². The third kappa shape index (κ3) is 8.48. The molecule has 12 aliphatic rings. The summed E-state index contributed by atoms with van der Waals surface area (Å²) >= 11 is 18.0. The first kappa shape index (κ1) is 54.0. The molecule has 0 aromatic heterocycles. The van der Waals surface area contributed by atoms with Gasteiger partial charge >= 0.3 is 0 Å². The summed E-state index contributed by atoms with van der Waals surface area (Å²) in [5.74, 6) is -7.23. The van der Waals surface area contributed by atoms with Gasteiger partial charge in [0.05, 0.1) is 19.8 Å². The van der Waals surface area contributed by atoms with Crippen molar-refractivity contribution in [1.29, 1.82) is 0 Å². The normalized spacial score (nSPS) is 44.7. The molecule has 76 heavy (non-hydrogen) atoms. The molecule has 12 fully saturated rings. The lowest BCUT2D eigenvalue weighted by Crippen LogP contribution is -2.65. The highest BCUT2D eigenvalue weighted by Gasteiger charge is 2.76. The zero-order valence-corrected chi connectivity index (χ0v) is 47.1. The first-order valence-electron chi connectivity index (χ1n) is 26.0. The number of carbonyl (C=O) groups is 3. The summed E-state index contributed by atoms with van der Waals surface area (Å²) in [5, 5.41) is 10.4. The predicted octanol–water partition coefficient (Wildman–Crippen LogP) is -0.261. The Kier molecular flexibility index (Phi) is 12.6. The molecule has 28 heteroatoms. The van der Waals surface area contributed by atoms with Crippen LogP contribution in [0.1, 0.15) is 83.1 Å². The smallest absolute Gasteiger partial charge is 0.260 e. The van der Waals surface area contributed by atoms with E-state index in [-0.39, 0.29) is 74.4 Å². The minimum atomic E-state index is -1.54. The first-order valence-corrected chi connectivity index (χ1v) is 27.2. The lowest BCUT2D eigenvalue weighted by atomic mass is 9.85. The highest BCUT2D eigenvalue weighted by atomic mass is 32.1. The van der Waals surface area contributed by atoms with Gasteiger partial charge in [-0.2, -0.15) is 0 Å². The Morgan fingerprint density at radius 3 is 0.908 bits per heavy atom. The number of rotatable bonds is 12. The van der Waals surface area contributed by atoms with Crippen molar-refractivity contribution < 1.29 is 85.4 Å². The molecule has 0 aromatic rings. The molecule has 3 spiro atoms. The molecule has 3 amide bonds. The van der Waals surface area contributed by atoms with Gasteiger partial charge in [-0.15, -0.1) is 0 Å². The van der Waals surface area contributed by atoms with Gasteiger partial charge in [-0.25, -0.2) is 0 Å². The average molecular weight is 1130 g/mol. The van der Waals surface area contributed by atoms with Crippen molar-refractivity contribution in [2.45, 2.75) is 208 Å². The monoisotopic (exact) mass is 1130 g/mol. The van der Waals surface area contributed by atoms with Gasteiger partial charge in [-0.05, 0) is 120 Å². The maximum absolute atomic E-state index is 15.2. The summed E-state index contributed by atoms with van der Waals surface area (Å²) in [6.45, 7) is 22.4. The summed E-state index contributed by atoms with van der Waals surface area (Å²) in [6.07, 6.45) is -10.2. The fourth-order valence-electron chi connectivity index (χ4n) is 13.1. The van der Waals surface area contributed by atoms with E-state index in [1.165, 1.54) is 14.7 Å². The number of hydrogen-bond donors (Lipinski definition) is 3. The summed E-state index contributed by atoms with van der Waals surface area (Å²) < 4.78 is 93.9. The van der Waals surface area contributed by atoms with Crippen LogP contribution >= 0.6 is 36.7 Å². The molecule has 12 heterocycles. The summed E-state index contributed by atoms with van der Waals surface area (Å²) in [6, 6.07) is 0. The summed E-state index contributed by atoms with van der Waals surface area (Å²) in [7, 11) is 0. The Morgan fingerprint density at radius 2 is 0.671 bits per heavy atom. The molecule has 12 rings (SSSR count). The van der Waals surface area contributed by atoms with E-state index in [4.69, 9.17) is 108 Å². The second-order valence-corrected chi connectivity index (χ2v) is 25.3. The van der Waals surface area contributed by atoms with Crippen LogP contribution in [-0.2, 0) is 85.4 Å². The van der Waals surface area contributed by atoms with Crippen LogP contribution in [0.3, 0.4) is 0 Å². The molecule has 0 aliphatic carbocycles. The van der Waals surface area contributed by atoms with Gasteiger partial charge in [0.2, 0.25) is 0 Å². The van der Waals surface area contributed by atoms with Gasteiger partial charge in [-0.3, -0.25) is 34.0 Å². The zero-order valence-electron chi connectivity index (χ0n) is 44.7. The lowest BCUT2D eigenvalue weighted by Gasteiger charge is -2.35. The summed E-state index contributed by atoms with van der Waals surface area (Å²) in [5.41, 5.74) is -4.62. The molecule has 3 N–H and O–H groups in total. The molecule has 12 aliphatic heterocycles. The van der Waals surface area contributed by atoms with Crippen molar-refractivity contribution in [2.75, 3.05) is 59.1 Å². The van der Waals surface area contributed by atoms with Crippen LogP contribution in [0.25, 0.3) is 0 Å². The Hall–Kier alpha value is -2.56. The SMILES string of the molecule is CC1(C)OC[C@H]([C@H]2O[C@@H]3OC(C)(C)O[C@@H]3[C@]23NC(=S)N(CCN(CCN2C(=O)[C@@]4(NC2=S)[C@@H]([C@H]2COC(C)(C)O2)O[C@@H]2OC(C)(C)O[C@@H]24)CCN2C(=O)[C@@]4(NC2=S)[C@@H]([C@H]2COC(C)(C)O2)O[C@@H]2OC(C)(C)O[C@@H]24)C3=O)O1. The van der Waals surface area contributed by atoms with Crippen LogP contribution in [0.2, 0.25) is 0 Å². The van der Waals surface area contributed by atoms with Gasteiger partial charge in [0.1, 0.15) is 54.9 Å². The van der Waals surface area contributed by atoms with E-state index in [0.717, 1.165) is 0 Å². The Labute approximate surface area is 456 Å². The summed E-state index contributed by atoms with van der Waals surface area (Å²) in [4.78, 5) is 52.2. The van der Waals surface area contributed by atoms with E-state index in [9.17, 15) is 0 Å². The van der Waals surface area contributed by atoms with Crippen LogP contribution in [0.15, 0.2) is 0 Å². The average Bonchev–Trinajstić information content (AvgIpc) is 4.35. The largest absolute Gasteiger partial charge is 0.348 e. The fourth-order valence-corrected chi connectivity index (χ4v) is 14.1. The van der Waals surface area contributed by atoms with Crippen LogP contribution in [0.5, 0.6) is 0 Å². The maximum Gasteiger partial charge on any atom is 0.260 e. The molecular formula is C48H69N7O18S3. The van der Waals surface area contributed by atoms with Crippen LogP contribution in [-0.4, -0.2) is 237 Å². The number of thiocarbonyl (C=S) groups is 3. The molecule has 0 bridgehead atoms. The number of hydrogen-bond acceptors (Lipinski definition) is 22. The number of fused-ring (bicyclic) bond motifs is 6. The van der Waals surface area contributed by atoms with Crippen molar-refractivity contribution in [3.05, 3.63) is 0 Å². The number of carbonyl (C=O) groups excluding carboxylic acids is 3. The molecule has 15 atom stereocenters. The van der Waals surface area contributed by atoms with Gasteiger partial charge in [0, 0.05) is 39.3 Å². The third-order valence-electron chi connectivity index (χ3n) is 16.2. The quantitative estimate of drug-likeness (QED) is 0.214. The molecule has 25 nitrogen and oxygen atoms in total. The van der Waals surface area contributed by atoms with Crippen LogP contribution in [0, 0.1) is 0 Å². The van der Waals surface area contributed by atoms with Crippen molar-refractivity contribution in [2.24, 2.45) is 0 Å². The van der Waals surface area contributed by atoms with Crippen molar-refractivity contribution in [1.82, 2.24) is 35.6 Å². The Morgan fingerprint density at radius 1 is 0.408 bits per heavy atom. The van der Waals surface area contributed by atoms with Crippen LogP contribution in [0.4, 0.5) is 0 Å². The number of amides is 3. The third-order valence-corrected chi connectivity index (χ3v) is 17.2. The number of nitrogens with zero attached hydrogens (tertiary/aromatic N) is 4. The molecule has 0 radical (unpaired) electrons. The minimum absolute atomic E-state index is 0.0545. The molecular weight excluding hydrogens is 1060 g/mol. The minimum Gasteiger partial charge on any atom is -0.348 e. The highest BCUT2D eigenvalue weighted by Crippen LogP contribution is 2.52. The van der Waals surface area contributed by atoms with Gasteiger partial charge in [-0.1, -0.05) is 0 Å². The molecule has 0 unspecified atom stereocenters.